The molecular weight excluding hydrogens is 1120 g/mol. The molecular formula is C60H80F2N12O10S. The first-order chi connectivity index (χ1) is 41.0. The summed E-state index contributed by atoms with van der Waals surface area (Å²) in [5.41, 5.74) is 8.46. The highest BCUT2D eigenvalue weighted by Gasteiger charge is 2.45. The van der Waals surface area contributed by atoms with Gasteiger partial charge in [0.25, 0.3) is 6.43 Å². The molecule has 2 aromatic carbocycles. The van der Waals surface area contributed by atoms with E-state index in [1.807, 2.05) is 58.0 Å². The molecule has 0 saturated carbocycles. The van der Waals surface area contributed by atoms with Gasteiger partial charge >= 0.3 is 6.03 Å². The Labute approximate surface area is 498 Å². The summed E-state index contributed by atoms with van der Waals surface area (Å²) in [5.74, 6) is -0.744. The van der Waals surface area contributed by atoms with E-state index in [0.29, 0.717) is 74.9 Å². The Morgan fingerprint density at radius 1 is 0.906 bits per heavy atom. The summed E-state index contributed by atoms with van der Waals surface area (Å²) in [4.78, 5) is 76.6. The summed E-state index contributed by atoms with van der Waals surface area (Å²) in [6, 6.07) is 9.39. The van der Waals surface area contributed by atoms with Crippen LogP contribution in [0.15, 0.2) is 54.3 Å². The number of anilines is 2. The molecule has 0 aliphatic carbocycles. The number of aliphatic hydroxyl groups excluding tert-OH is 1. The van der Waals surface area contributed by atoms with Crippen LogP contribution in [0.4, 0.5) is 25.1 Å². The summed E-state index contributed by atoms with van der Waals surface area (Å²) in [6.45, 7) is 12.2. The van der Waals surface area contributed by atoms with Crippen LogP contribution in [-0.2, 0) is 70.6 Å². The van der Waals surface area contributed by atoms with Crippen molar-refractivity contribution in [2.45, 2.75) is 129 Å². The number of carbonyl (C=O) groups is 5. The minimum absolute atomic E-state index is 0.0169. The van der Waals surface area contributed by atoms with Crippen molar-refractivity contribution in [3.05, 3.63) is 87.9 Å². The van der Waals surface area contributed by atoms with E-state index >= 15 is 8.78 Å². The molecule has 25 heteroatoms. The largest absolute Gasteiger partial charge is 0.391 e. The maximum atomic E-state index is 15.0. The second-order valence-electron chi connectivity index (χ2n) is 23.0. The van der Waals surface area contributed by atoms with Crippen LogP contribution in [-0.4, -0.2) is 173 Å². The van der Waals surface area contributed by atoms with E-state index in [0.717, 1.165) is 57.8 Å². The fourth-order valence-electron chi connectivity index (χ4n) is 11.4. The van der Waals surface area contributed by atoms with Gasteiger partial charge in [-0.05, 0) is 72.4 Å². The van der Waals surface area contributed by atoms with E-state index in [9.17, 15) is 29.1 Å². The van der Waals surface area contributed by atoms with Crippen LogP contribution in [0.2, 0.25) is 0 Å². The van der Waals surface area contributed by atoms with Crippen LogP contribution in [0.3, 0.4) is 0 Å². The third kappa shape index (κ3) is 15.8. The fraction of sp³-hybridized carbons (Fsp3) is 0.567. The average molecular weight is 1200 g/mol. The Hall–Kier alpha value is -6.90. The summed E-state index contributed by atoms with van der Waals surface area (Å²) in [6.07, 6.45) is 3.60. The maximum absolute atomic E-state index is 15.0. The lowest BCUT2D eigenvalue weighted by molar-refractivity contribution is -0.144. The molecule has 3 atom stereocenters. The molecule has 85 heavy (non-hydrogen) atoms. The number of thiazole rings is 1. The topological polar surface area (TPSA) is 249 Å². The smallest absolute Gasteiger partial charge is 0.317 e. The number of amides is 6. The van der Waals surface area contributed by atoms with E-state index in [4.69, 9.17) is 24.0 Å². The van der Waals surface area contributed by atoms with Crippen molar-refractivity contribution in [3.8, 4) is 21.6 Å². The zero-order valence-corrected chi connectivity index (χ0v) is 50.0. The molecule has 0 bridgehead atoms. The summed E-state index contributed by atoms with van der Waals surface area (Å²) < 4.78 is 56.3. The number of rotatable bonds is 25. The van der Waals surface area contributed by atoms with Gasteiger partial charge in [-0.2, -0.15) is 10.2 Å². The third-order valence-corrected chi connectivity index (χ3v) is 17.0. The van der Waals surface area contributed by atoms with Crippen molar-refractivity contribution < 1.29 is 56.8 Å². The summed E-state index contributed by atoms with van der Waals surface area (Å²) >= 11 is 1.56. The van der Waals surface area contributed by atoms with Gasteiger partial charge in [-0.25, -0.2) is 18.6 Å². The van der Waals surface area contributed by atoms with Crippen molar-refractivity contribution in [1.29, 1.82) is 0 Å². The van der Waals surface area contributed by atoms with Gasteiger partial charge in [-0.15, -0.1) is 11.3 Å². The number of aliphatic hydroxyl groups is 1. The molecule has 2 saturated heterocycles. The minimum Gasteiger partial charge on any atom is -0.391 e. The number of carbonyl (C=O) groups excluding carboxylic acids is 5. The monoisotopic (exact) mass is 1200 g/mol. The van der Waals surface area contributed by atoms with E-state index in [-0.39, 0.29) is 108 Å². The molecule has 0 unspecified atom stereocenters. The lowest BCUT2D eigenvalue weighted by Gasteiger charge is -2.35. The maximum Gasteiger partial charge on any atom is 0.317 e. The Balaban J connectivity index is 0.655. The zero-order chi connectivity index (χ0) is 60.2. The number of fused-ring (bicyclic) bond motifs is 2. The Morgan fingerprint density at radius 3 is 2.31 bits per heavy atom. The van der Waals surface area contributed by atoms with Crippen LogP contribution in [0.5, 0.6) is 0 Å². The average Bonchev–Trinajstić information content (AvgIpc) is 1.97. The number of aromatic nitrogens is 5. The first kappa shape index (κ1) is 62.6. The molecule has 7 heterocycles. The fourth-order valence-corrected chi connectivity index (χ4v) is 12.2. The van der Waals surface area contributed by atoms with Crippen LogP contribution in [0.25, 0.3) is 21.6 Å². The standard InChI is InChI=1S/C60H80F2N12O10S/c1-38-53(85-37-66-38)40-10-8-39(9-11-40)32-65-57(78)50-30-44(75)35-73(50)58(79)54(60(2,3)4)68-52(77)16-24-83-26-28-84-27-25-82-23-15-51(76)64-17-20-71-34-42(33-67-71)45-29-41-7-6-18-72(49(41)31-46(45)55(61)62)56-47-36-70(59(80)63-5)19-12-48(47)74(69-56)43-13-21-81-22-14-43/h8-11,29,31,33-34,37,43-44,50,54-55,75H,6-7,12-28,30,32,35-36H2,1-5H3,(H,63,80)(H,64,76)(H,65,78)(H,68,77)/t44-,50+,54-/m1/s1. The molecule has 4 aliphatic heterocycles. The first-order valence-corrected chi connectivity index (χ1v) is 30.3. The van der Waals surface area contributed by atoms with E-state index in [1.54, 1.807) is 51.9 Å². The van der Waals surface area contributed by atoms with Crippen LogP contribution in [0, 0.1) is 12.3 Å². The highest BCUT2D eigenvalue weighted by Crippen LogP contribution is 2.44. The highest BCUT2D eigenvalue weighted by atomic mass is 32.1. The molecule has 2 fully saturated rings. The van der Waals surface area contributed by atoms with Crippen molar-refractivity contribution in [2.75, 3.05) is 91.0 Å². The van der Waals surface area contributed by atoms with E-state index in [2.05, 4.69) is 40.9 Å². The number of nitrogens with one attached hydrogen (secondary N) is 4. The number of urea groups is 1. The SMILES string of the molecule is CNC(=O)N1CCc2c(c(N3CCCc4cc(-c5cnn(CCNC(=O)CCOCCOCCOCCC(=O)N[C@H](C(=O)N6C[C@H](O)C[C@H]6C(=O)NCc6ccc(-c7scnc7C)cc6)C(C)(C)C)c5)c(C(F)F)cc43)nn2C2CCOCC2)C1. The number of halogens is 2. The number of β-amino-alcohol motifs (C(OH)–C–C–N with tert-alkyl or cyclic N) is 1. The van der Waals surface area contributed by atoms with Gasteiger partial charge in [0.15, 0.2) is 5.82 Å². The number of benzene rings is 2. The highest BCUT2D eigenvalue weighted by molar-refractivity contribution is 7.13. The number of nitrogens with zero attached hydrogens (tertiary/aromatic N) is 8. The number of alkyl halides is 2. The quantitative estimate of drug-likeness (QED) is 0.0421. The first-order valence-electron chi connectivity index (χ1n) is 29.4. The molecule has 4 aliphatic rings. The number of hydrogen-bond acceptors (Lipinski definition) is 15. The Kier molecular flexibility index (Phi) is 21.4. The molecule has 5 aromatic rings. The van der Waals surface area contributed by atoms with Crippen molar-refractivity contribution in [2.24, 2.45) is 5.41 Å². The van der Waals surface area contributed by atoms with E-state index < -0.39 is 41.8 Å². The number of likely N-dealkylation sites (tertiary alicyclic amines) is 1. The van der Waals surface area contributed by atoms with Gasteiger partial charge in [-0.1, -0.05) is 45.0 Å². The van der Waals surface area contributed by atoms with Crippen LogP contribution >= 0.6 is 11.3 Å². The zero-order valence-electron chi connectivity index (χ0n) is 49.2. The van der Waals surface area contributed by atoms with Gasteiger partial charge in [0.1, 0.15) is 12.1 Å². The molecule has 0 spiro atoms. The normalized spacial score (nSPS) is 17.6. The van der Waals surface area contributed by atoms with Crippen LogP contribution < -0.4 is 26.2 Å². The molecule has 3 aromatic heterocycles. The molecule has 9 rings (SSSR count). The third-order valence-electron chi connectivity index (χ3n) is 16.0. The molecule has 0 radical (unpaired) electrons. The van der Waals surface area contributed by atoms with Crippen molar-refractivity contribution >= 4 is 52.5 Å². The van der Waals surface area contributed by atoms with E-state index in [1.165, 1.54) is 4.90 Å². The van der Waals surface area contributed by atoms with Gasteiger partial charge in [0.05, 0.1) is 87.2 Å². The Bertz CT molecular complexity index is 3100. The molecule has 460 valence electrons. The molecule has 5 N–H and O–H groups in total. The number of aryl methyl sites for hydroxylation is 2. The lowest BCUT2D eigenvalue weighted by Crippen LogP contribution is -2.57. The van der Waals surface area contributed by atoms with Gasteiger partial charge in [0.2, 0.25) is 23.6 Å². The predicted molar refractivity (Wildman–Crippen MR) is 314 cm³/mol. The molecule has 22 nitrogen and oxygen atoms in total. The lowest BCUT2D eigenvalue weighted by atomic mass is 9.85. The summed E-state index contributed by atoms with van der Waals surface area (Å²) in [7, 11) is 1.61. The van der Waals surface area contributed by atoms with Crippen molar-refractivity contribution in [3.63, 3.8) is 0 Å². The van der Waals surface area contributed by atoms with Crippen molar-refractivity contribution in [1.82, 2.24) is 55.6 Å². The van der Waals surface area contributed by atoms with Gasteiger partial charge < -0.3 is 60.0 Å². The second kappa shape index (κ2) is 29.0. The predicted octanol–water partition coefficient (Wildman–Crippen LogP) is 6.00. The minimum atomic E-state index is -2.77. The second-order valence-corrected chi connectivity index (χ2v) is 23.9. The van der Waals surface area contributed by atoms with Gasteiger partial charge in [0, 0.05) is 113 Å². The van der Waals surface area contributed by atoms with Gasteiger partial charge in [-0.3, -0.25) is 28.5 Å². The summed E-state index contributed by atoms with van der Waals surface area (Å²) in [5, 5.41) is 31.6. The number of ether oxygens (including phenoxy) is 4. The number of hydrogen-bond donors (Lipinski definition) is 5. The molecule has 6 amide bonds. The van der Waals surface area contributed by atoms with Crippen LogP contribution in [0.1, 0.15) is 105 Å². The Morgan fingerprint density at radius 2 is 1.62 bits per heavy atom.